The fourth-order valence-corrected chi connectivity index (χ4v) is 3.02. The van der Waals surface area contributed by atoms with Crippen molar-refractivity contribution in [3.05, 3.63) is 65.4 Å². The van der Waals surface area contributed by atoms with Crippen molar-refractivity contribution in [1.29, 1.82) is 0 Å². The molecule has 4 nitrogen and oxygen atoms in total. The summed E-state index contributed by atoms with van der Waals surface area (Å²) in [5.41, 5.74) is 1.30. The number of nitrogens with one attached hydrogen (secondary N) is 1. The normalized spacial score (nSPS) is 10.5. The zero-order chi connectivity index (χ0) is 17.6. The van der Waals surface area contributed by atoms with Gasteiger partial charge in [0.05, 0.1) is 6.61 Å². The predicted molar refractivity (Wildman–Crippen MR) is 97.7 cm³/mol. The van der Waals surface area contributed by atoms with Gasteiger partial charge >= 0.3 is 0 Å². The second-order valence-corrected chi connectivity index (χ2v) is 6.21. The van der Waals surface area contributed by atoms with Gasteiger partial charge < -0.3 is 10.1 Å². The van der Waals surface area contributed by atoms with E-state index >= 15 is 0 Å². The van der Waals surface area contributed by atoms with Crippen LogP contribution < -0.4 is 10.1 Å². The molecule has 2 aromatic carbocycles. The van der Waals surface area contributed by atoms with Gasteiger partial charge in [0.1, 0.15) is 22.3 Å². The Labute approximate surface area is 149 Å². The molecular formula is C19H17FN2O2S. The molecule has 0 aliphatic rings. The Balaban J connectivity index is 1.76. The molecule has 0 aliphatic carbocycles. The van der Waals surface area contributed by atoms with E-state index in [1.807, 2.05) is 25.1 Å². The topological polar surface area (TPSA) is 51.2 Å². The van der Waals surface area contributed by atoms with Crippen molar-refractivity contribution in [3.63, 3.8) is 0 Å². The summed E-state index contributed by atoms with van der Waals surface area (Å²) >= 11 is 1.23. The molecule has 0 aliphatic heterocycles. The number of thiazole rings is 1. The van der Waals surface area contributed by atoms with E-state index in [9.17, 15) is 9.18 Å². The van der Waals surface area contributed by atoms with Crippen LogP contribution in [0.4, 0.5) is 10.1 Å². The molecule has 3 rings (SSSR count). The van der Waals surface area contributed by atoms with Crippen LogP contribution in [0.3, 0.4) is 0 Å². The first-order chi connectivity index (χ1) is 12.2. The molecule has 1 heterocycles. The summed E-state index contributed by atoms with van der Waals surface area (Å²) in [5.74, 6) is -0.253. The second kappa shape index (κ2) is 7.90. The van der Waals surface area contributed by atoms with Gasteiger partial charge in [0.2, 0.25) is 0 Å². The maximum atomic E-state index is 14.3. The lowest BCUT2D eigenvalue weighted by Gasteiger charge is -2.06. The van der Waals surface area contributed by atoms with Crippen LogP contribution in [0.1, 0.15) is 23.8 Å². The molecule has 1 N–H and O–H groups in total. The third kappa shape index (κ3) is 4.22. The number of amides is 1. The maximum absolute atomic E-state index is 14.3. The fraction of sp³-hybridized carbons (Fsp3) is 0.158. The first-order valence-corrected chi connectivity index (χ1v) is 8.80. The number of benzene rings is 2. The minimum atomic E-state index is -0.419. The predicted octanol–water partition coefficient (Wildman–Crippen LogP) is 4.99. The van der Waals surface area contributed by atoms with Gasteiger partial charge in [-0.2, -0.15) is 0 Å². The average molecular weight is 356 g/mol. The Morgan fingerprint density at radius 2 is 2.04 bits per heavy atom. The highest BCUT2D eigenvalue weighted by Gasteiger charge is 2.15. The number of para-hydroxylation sites is 1. The first kappa shape index (κ1) is 17.1. The quantitative estimate of drug-likeness (QED) is 0.677. The summed E-state index contributed by atoms with van der Waals surface area (Å²) in [6.07, 6.45) is 0.857. The minimum absolute atomic E-state index is 0.259. The molecule has 128 valence electrons. The summed E-state index contributed by atoms with van der Waals surface area (Å²) in [5, 5.41) is 4.84. The van der Waals surface area contributed by atoms with Gasteiger partial charge in [-0.05, 0) is 30.7 Å². The molecule has 0 fully saturated rings. The molecule has 0 bridgehead atoms. The van der Waals surface area contributed by atoms with Gasteiger partial charge in [-0.1, -0.05) is 25.1 Å². The number of carbonyl (C=O) groups is 1. The minimum Gasteiger partial charge on any atom is -0.494 e. The van der Waals surface area contributed by atoms with Crippen LogP contribution in [0, 0.1) is 5.82 Å². The molecular weight excluding hydrogens is 339 g/mol. The Hall–Kier alpha value is -2.73. The van der Waals surface area contributed by atoms with Crippen LogP contribution in [-0.2, 0) is 0 Å². The summed E-state index contributed by atoms with van der Waals surface area (Å²) in [4.78, 5) is 16.5. The lowest BCUT2D eigenvalue weighted by Crippen LogP contribution is -2.12. The Bertz CT molecular complexity index is 865. The lowest BCUT2D eigenvalue weighted by atomic mass is 10.2. The highest BCUT2D eigenvalue weighted by molar-refractivity contribution is 7.13. The van der Waals surface area contributed by atoms with E-state index in [0.717, 1.165) is 6.42 Å². The van der Waals surface area contributed by atoms with Crippen molar-refractivity contribution in [3.8, 4) is 16.3 Å². The molecule has 6 heteroatoms. The molecule has 1 aromatic heterocycles. The van der Waals surface area contributed by atoms with Crippen molar-refractivity contribution >= 4 is 22.9 Å². The van der Waals surface area contributed by atoms with E-state index in [1.165, 1.54) is 17.4 Å². The highest BCUT2D eigenvalue weighted by atomic mass is 32.1. The van der Waals surface area contributed by atoms with Crippen LogP contribution in [0.5, 0.6) is 5.75 Å². The maximum Gasteiger partial charge on any atom is 0.275 e. The van der Waals surface area contributed by atoms with Crippen molar-refractivity contribution in [2.45, 2.75) is 13.3 Å². The zero-order valence-electron chi connectivity index (χ0n) is 13.7. The van der Waals surface area contributed by atoms with E-state index in [0.29, 0.717) is 28.6 Å². The van der Waals surface area contributed by atoms with E-state index in [2.05, 4.69) is 10.3 Å². The van der Waals surface area contributed by atoms with Crippen LogP contribution in [0.25, 0.3) is 10.6 Å². The molecule has 0 saturated carbocycles. The van der Waals surface area contributed by atoms with E-state index < -0.39 is 5.82 Å². The van der Waals surface area contributed by atoms with Gasteiger partial charge in [0.25, 0.3) is 5.91 Å². The number of aromatic nitrogens is 1. The summed E-state index contributed by atoms with van der Waals surface area (Å²) in [6, 6.07) is 13.8. The fourth-order valence-electron chi connectivity index (χ4n) is 2.20. The number of rotatable bonds is 6. The number of anilines is 1. The summed E-state index contributed by atoms with van der Waals surface area (Å²) in [7, 11) is 0. The molecule has 25 heavy (non-hydrogen) atoms. The number of ether oxygens (including phenoxy) is 1. The van der Waals surface area contributed by atoms with Crippen LogP contribution >= 0.6 is 11.3 Å². The van der Waals surface area contributed by atoms with E-state index in [1.54, 1.807) is 29.6 Å². The monoisotopic (exact) mass is 356 g/mol. The standard InChI is InChI=1S/C19H17FN2O2S/c1-2-10-24-14-8-9-15(16(20)11-14)19-22-17(12-25-19)18(23)21-13-6-4-3-5-7-13/h3-9,11-12H,2,10H2,1H3,(H,21,23). The first-order valence-electron chi connectivity index (χ1n) is 7.92. The number of hydrogen-bond acceptors (Lipinski definition) is 4. The number of nitrogens with zero attached hydrogens (tertiary/aromatic N) is 1. The van der Waals surface area contributed by atoms with Gasteiger partial charge in [-0.3, -0.25) is 4.79 Å². The van der Waals surface area contributed by atoms with Gasteiger partial charge in [-0.15, -0.1) is 11.3 Å². The van der Waals surface area contributed by atoms with Crippen LogP contribution in [-0.4, -0.2) is 17.5 Å². The highest BCUT2D eigenvalue weighted by Crippen LogP contribution is 2.29. The Kier molecular flexibility index (Phi) is 5.40. The largest absolute Gasteiger partial charge is 0.494 e. The van der Waals surface area contributed by atoms with Gasteiger partial charge in [0.15, 0.2) is 0 Å². The Morgan fingerprint density at radius 1 is 1.24 bits per heavy atom. The van der Waals surface area contributed by atoms with Crippen LogP contribution in [0.15, 0.2) is 53.9 Å². The zero-order valence-corrected chi connectivity index (χ0v) is 14.5. The lowest BCUT2D eigenvalue weighted by molar-refractivity contribution is 0.102. The molecule has 0 radical (unpaired) electrons. The third-order valence-electron chi connectivity index (χ3n) is 3.41. The molecule has 0 spiro atoms. The van der Waals surface area contributed by atoms with Gasteiger partial charge in [-0.25, -0.2) is 9.37 Å². The van der Waals surface area contributed by atoms with Crippen molar-refractivity contribution in [2.75, 3.05) is 11.9 Å². The number of hydrogen-bond donors (Lipinski definition) is 1. The van der Waals surface area contributed by atoms with Crippen molar-refractivity contribution < 1.29 is 13.9 Å². The molecule has 0 atom stereocenters. The SMILES string of the molecule is CCCOc1ccc(-c2nc(C(=O)Nc3ccccc3)cs2)c(F)c1. The number of carbonyl (C=O) groups excluding carboxylic acids is 1. The average Bonchev–Trinajstić information content (AvgIpc) is 3.11. The van der Waals surface area contributed by atoms with E-state index in [-0.39, 0.29) is 11.6 Å². The molecule has 0 saturated heterocycles. The Morgan fingerprint density at radius 3 is 2.76 bits per heavy atom. The smallest absolute Gasteiger partial charge is 0.275 e. The van der Waals surface area contributed by atoms with Crippen molar-refractivity contribution in [2.24, 2.45) is 0 Å². The molecule has 3 aromatic rings. The summed E-state index contributed by atoms with van der Waals surface area (Å²) < 4.78 is 19.7. The molecule has 0 unspecified atom stereocenters. The van der Waals surface area contributed by atoms with Crippen molar-refractivity contribution in [1.82, 2.24) is 4.98 Å². The van der Waals surface area contributed by atoms with Crippen LogP contribution in [0.2, 0.25) is 0 Å². The molecule has 1 amide bonds. The third-order valence-corrected chi connectivity index (χ3v) is 4.29. The van der Waals surface area contributed by atoms with E-state index in [4.69, 9.17) is 4.74 Å². The second-order valence-electron chi connectivity index (χ2n) is 5.35. The summed E-state index contributed by atoms with van der Waals surface area (Å²) in [6.45, 7) is 2.53. The van der Waals surface area contributed by atoms with Gasteiger partial charge in [0, 0.05) is 22.7 Å². The number of halogens is 1.